The van der Waals surface area contributed by atoms with Crippen molar-refractivity contribution in [1.29, 1.82) is 0 Å². The fraction of sp³-hybridized carbons (Fsp3) is 0.118. The van der Waals surface area contributed by atoms with Gasteiger partial charge in [0.1, 0.15) is 0 Å². The summed E-state index contributed by atoms with van der Waals surface area (Å²) in [7, 11) is 0. The summed E-state index contributed by atoms with van der Waals surface area (Å²) >= 11 is 3.34. The minimum Gasteiger partial charge on any atom is -0.478 e. The predicted octanol–water partition coefficient (Wildman–Crippen LogP) is 2.87. The van der Waals surface area contributed by atoms with E-state index >= 15 is 0 Å². The van der Waals surface area contributed by atoms with Crippen LogP contribution in [-0.2, 0) is 16.0 Å². The van der Waals surface area contributed by atoms with Gasteiger partial charge < -0.3 is 15.2 Å². The van der Waals surface area contributed by atoms with Crippen LogP contribution in [-0.4, -0.2) is 29.1 Å². The fourth-order valence-corrected chi connectivity index (χ4v) is 2.84. The third-order valence-electron chi connectivity index (χ3n) is 3.63. The maximum absolute atomic E-state index is 12.3. The zero-order chi connectivity index (χ0) is 17.3. The first-order chi connectivity index (χ1) is 11.4. The van der Waals surface area contributed by atoms with Crippen LogP contribution < -0.4 is 5.32 Å². The lowest BCUT2D eigenvalue weighted by atomic mass is 9.98. The van der Waals surface area contributed by atoms with Gasteiger partial charge in [-0.3, -0.25) is 4.79 Å². The lowest BCUT2D eigenvalue weighted by Crippen LogP contribution is -2.38. The van der Waals surface area contributed by atoms with E-state index in [4.69, 9.17) is 9.84 Å². The third kappa shape index (κ3) is 3.30. The van der Waals surface area contributed by atoms with Crippen molar-refractivity contribution in [3.63, 3.8) is 0 Å². The molecule has 0 spiro atoms. The first kappa shape index (κ1) is 16.2. The molecule has 2 aromatic carbocycles. The molecule has 2 N–H and O–H groups in total. The van der Waals surface area contributed by atoms with Crippen LogP contribution in [0, 0.1) is 0 Å². The van der Waals surface area contributed by atoms with Gasteiger partial charge in [-0.2, -0.15) is 0 Å². The molecule has 0 bridgehead atoms. The molecule has 3 rings (SSSR count). The highest BCUT2D eigenvalue weighted by Crippen LogP contribution is 2.25. The van der Waals surface area contributed by atoms with Crippen LogP contribution in [0.15, 0.2) is 46.9 Å². The number of rotatable bonds is 3. The second-order valence-corrected chi connectivity index (χ2v) is 6.19. The van der Waals surface area contributed by atoms with E-state index in [1.807, 2.05) is 0 Å². The second kappa shape index (κ2) is 6.45. The number of ether oxygens (including phenoxy) is 1. The molecule has 1 heterocycles. The fourth-order valence-electron chi connectivity index (χ4n) is 2.43. The Morgan fingerprint density at radius 1 is 1.17 bits per heavy atom. The standard InChI is InChI=1S/C17H12BrNO5/c18-11-3-6-13-10(7-11)8-14(24-17(13)23)15(20)19-12-4-1-9(2-5-12)16(21)22/h1-7,14H,8H2,(H,19,20)(H,21,22)/t14-/m0/s1. The van der Waals surface area contributed by atoms with Gasteiger partial charge in [0.05, 0.1) is 11.1 Å². The lowest BCUT2D eigenvalue weighted by Gasteiger charge is -2.24. The molecule has 0 saturated heterocycles. The molecule has 0 unspecified atom stereocenters. The Morgan fingerprint density at radius 2 is 1.88 bits per heavy atom. The summed E-state index contributed by atoms with van der Waals surface area (Å²) in [5.41, 5.74) is 1.74. The van der Waals surface area contributed by atoms with Crippen LogP contribution in [0.3, 0.4) is 0 Å². The van der Waals surface area contributed by atoms with Crippen molar-refractivity contribution in [1.82, 2.24) is 0 Å². The van der Waals surface area contributed by atoms with Crippen LogP contribution >= 0.6 is 15.9 Å². The number of amides is 1. The molecule has 0 fully saturated rings. The number of hydrogen-bond acceptors (Lipinski definition) is 4. The summed E-state index contributed by atoms with van der Waals surface area (Å²) in [4.78, 5) is 35.1. The molecular formula is C17H12BrNO5. The van der Waals surface area contributed by atoms with E-state index in [1.165, 1.54) is 24.3 Å². The number of esters is 1. The van der Waals surface area contributed by atoms with Crippen molar-refractivity contribution in [3.05, 3.63) is 63.6 Å². The van der Waals surface area contributed by atoms with Gasteiger partial charge in [0.25, 0.3) is 5.91 Å². The molecule has 2 aromatic rings. The summed E-state index contributed by atoms with van der Waals surface area (Å²) in [6, 6.07) is 10.9. The smallest absolute Gasteiger partial charge is 0.339 e. The molecule has 0 aliphatic carbocycles. The molecule has 1 aliphatic heterocycles. The summed E-state index contributed by atoms with van der Waals surface area (Å²) in [6.07, 6.45) is -0.655. The number of carbonyl (C=O) groups excluding carboxylic acids is 2. The molecule has 122 valence electrons. The summed E-state index contributed by atoms with van der Waals surface area (Å²) in [6.45, 7) is 0. The number of carboxylic acids is 1. The molecule has 0 radical (unpaired) electrons. The van der Waals surface area contributed by atoms with Crippen molar-refractivity contribution in [2.75, 3.05) is 5.32 Å². The average molecular weight is 390 g/mol. The number of hydrogen-bond donors (Lipinski definition) is 2. The molecule has 0 saturated carbocycles. The normalized spacial score (nSPS) is 16.0. The van der Waals surface area contributed by atoms with Crippen molar-refractivity contribution < 1.29 is 24.2 Å². The number of halogens is 1. The van der Waals surface area contributed by atoms with Crippen LogP contribution in [0.4, 0.5) is 5.69 Å². The Kier molecular flexibility index (Phi) is 4.35. The molecule has 1 amide bonds. The van der Waals surface area contributed by atoms with E-state index in [0.717, 1.165) is 10.0 Å². The quantitative estimate of drug-likeness (QED) is 0.787. The summed E-state index contributed by atoms with van der Waals surface area (Å²) in [5, 5.41) is 11.5. The number of cyclic esters (lactones) is 1. The van der Waals surface area contributed by atoms with Crippen molar-refractivity contribution in [2.24, 2.45) is 0 Å². The highest BCUT2D eigenvalue weighted by molar-refractivity contribution is 9.10. The van der Waals surface area contributed by atoms with Gasteiger partial charge in [0.2, 0.25) is 0 Å². The van der Waals surface area contributed by atoms with Crippen molar-refractivity contribution in [3.8, 4) is 0 Å². The lowest BCUT2D eigenvalue weighted by molar-refractivity contribution is -0.125. The summed E-state index contributed by atoms with van der Waals surface area (Å²) < 4.78 is 6.01. The maximum atomic E-state index is 12.3. The van der Waals surface area contributed by atoms with E-state index in [-0.39, 0.29) is 12.0 Å². The van der Waals surface area contributed by atoms with Gasteiger partial charge in [-0.15, -0.1) is 0 Å². The Labute approximate surface area is 145 Å². The molecule has 1 aliphatic rings. The monoisotopic (exact) mass is 389 g/mol. The zero-order valence-corrected chi connectivity index (χ0v) is 13.9. The molecule has 7 heteroatoms. The van der Waals surface area contributed by atoms with Crippen LogP contribution in [0.5, 0.6) is 0 Å². The van der Waals surface area contributed by atoms with Crippen molar-refractivity contribution >= 4 is 39.5 Å². The Hall–Kier alpha value is -2.67. The predicted molar refractivity (Wildman–Crippen MR) is 89.1 cm³/mol. The van der Waals surface area contributed by atoms with Crippen LogP contribution in [0.25, 0.3) is 0 Å². The van der Waals surface area contributed by atoms with Crippen LogP contribution in [0.2, 0.25) is 0 Å². The molecule has 24 heavy (non-hydrogen) atoms. The topological polar surface area (TPSA) is 92.7 Å². The molecular weight excluding hydrogens is 378 g/mol. The van der Waals surface area contributed by atoms with E-state index in [2.05, 4.69) is 21.2 Å². The van der Waals surface area contributed by atoms with Gasteiger partial charge in [0, 0.05) is 16.6 Å². The molecule has 6 nitrogen and oxygen atoms in total. The number of carboxylic acid groups (broad SMARTS) is 1. The number of nitrogens with one attached hydrogen (secondary N) is 1. The van der Waals surface area contributed by atoms with Gasteiger partial charge in [-0.25, -0.2) is 9.59 Å². The molecule has 0 aromatic heterocycles. The average Bonchev–Trinajstić information content (AvgIpc) is 2.54. The van der Waals surface area contributed by atoms with Gasteiger partial charge in [-0.05, 0) is 48.0 Å². The Bertz CT molecular complexity index is 831. The zero-order valence-electron chi connectivity index (χ0n) is 12.3. The second-order valence-electron chi connectivity index (χ2n) is 5.27. The number of anilines is 1. The largest absolute Gasteiger partial charge is 0.478 e. The Morgan fingerprint density at radius 3 is 2.54 bits per heavy atom. The third-order valence-corrected chi connectivity index (χ3v) is 4.13. The minimum atomic E-state index is -1.05. The van der Waals surface area contributed by atoms with Gasteiger partial charge in [-0.1, -0.05) is 15.9 Å². The first-order valence-corrected chi connectivity index (χ1v) is 7.87. The van der Waals surface area contributed by atoms with Crippen molar-refractivity contribution in [2.45, 2.75) is 12.5 Å². The van der Waals surface area contributed by atoms with E-state index in [0.29, 0.717) is 11.3 Å². The highest BCUT2D eigenvalue weighted by Gasteiger charge is 2.31. The number of benzene rings is 2. The number of fused-ring (bicyclic) bond motifs is 1. The van der Waals surface area contributed by atoms with E-state index in [9.17, 15) is 14.4 Å². The Balaban J connectivity index is 1.74. The number of aromatic carboxylic acids is 1. The van der Waals surface area contributed by atoms with E-state index < -0.39 is 23.9 Å². The van der Waals surface area contributed by atoms with E-state index in [1.54, 1.807) is 18.2 Å². The first-order valence-electron chi connectivity index (χ1n) is 7.07. The van der Waals surface area contributed by atoms with Gasteiger partial charge >= 0.3 is 11.9 Å². The highest BCUT2D eigenvalue weighted by atomic mass is 79.9. The van der Waals surface area contributed by atoms with Crippen LogP contribution in [0.1, 0.15) is 26.3 Å². The summed E-state index contributed by atoms with van der Waals surface area (Å²) in [5.74, 6) is -2.04. The van der Waals surface area contributed by atoms with Gasteiger partial charge in [0.15, 0.2) is 6.10 Å². The minimum absolute atomic E-state index is 0.121. The SMILES string of the molecule is O=C(O)c1ccc(NC(=O)[C@@H]2Cc3cc(Br)ccc3C(=O)O2)cc1. The number of carbonyl (C=O) groups is 3. The molecule has 1 atom stereocenters. The maximum Gasteiger partial charge on any atom is 0.339 e.